The van der Waals surface area contributed by atoms with Gasteiger partial charge in [-0.1, -0.05) is 39.0 Å². The lowest BCUT2D eigenvalue weighted by Gasteiger charge is -2.37. The van der Waals surface area contributed by atoms with Gasteiger partial charge in [0.05, 0.1) is 18.1 Å². The number of hydrogen-bond acceptors (Lipinski definition) is 4. The van der Waals surface area contributed by atoms with Crippen molar-refractivity contribution >= 4 is 5.78 Å². The molecule has 1 heterocycles. The van der Waals surface area contributed by atoms with Crippen LogP contribution in [-0.4, -0.2) is 12.9 Å². The number of ketones is 1. The first-order chi connectivity index (χ1) is 14.2. The van der Waals surface area contributed by atoms with Crippen molar-refractivity contribution in [3.63, 3.8) is 0 Å². The molecule has 1 aliphatic carbocycles. The lowest BCUT2D eigenvalue weighted by molar-refractivity contribution is -0.137. The normalized spacial score (nSPS) is 15.9. The van der Waals surface area contributed by atoms with Crippen LogP contribution in [0.4, 0.5) is 13.2 Å². The largest absolute Gasteiger partial charge is 0.500 e. The third-order valence-corrected chi connectivity index (χ3v) is 5.85. The number of methoxy groups -OCH3 is 1. The number of carbonyl (C=O) groups is 1. The van der Waals surface area contributed by atoms with Crippen molar-refractivity contribution in [3.8, 4) is 11.3 Å². The number of alkyl halides is 3. The summed E-state index contributed by atoms with van der Waals surface area (Å²) < 4.78 is 52.2. The van der Waals surface area contributed by atoms with Gasteiger partial charge in [0.1, 0.15) is 22.8 Å². The monoisotopic (exact) mass is 420 g/mol. The molecule has 1 aliphatic rings. The van der Waals surface area contributed by atoms with Crippen molar-refractivity contribution in [2.45, 2.75) is 51.6 Å². The summed E-state index contributed by atoms with van der Waals surface area (Å²) >= 11 is 0. The van der Waals surface area contributed by atoms with Gasteiger partial charge in [-0.25, -0.2) is 0 Å². The molecule has 0 unspecified atom stereocenters. The van der Waals surface area contributed by atoms with Crippen LogP contribution in [0.1, 0.15) is 61.7 Å². The Morgan fingerprint density at radius 2 is 1.70 bits per heavy atom. The highest BCUT2D eigenvalue weighted by molar-refractivity contribution is 6.11. The number of carbonyl (C=O) groups excluding carboxylic acids is 1. The maximum Gasteiger partial charge on any atom is 0.417 e. The van der Waals surface area contributed by atoms with E-state index in [0.717, 1.165) is 12.1 Å². The van der Waals surface area contributed by atoms with Crippen LogP contribution in [0.3, 0.4) is 0 Å². The van der Waals surface area contributed by atoms with Gasteiger partial charge in [-0.3, -0.25) is 9.59 Å². The van der Waals surface area contributed by atoms with Gasteiger partial charge in [0.2, 0.25) is 0 Å². The van der Waals surface area contributed by atoms with Crippen LogP contribution in [-0.2, 0) is 16.3 Å². The SMILES string of the molecule is CCC1=C(OC)C(CC)(CC)c2oc(-c3ccccc3C(F)(F)F)cc(=O)c2C1=O. The molecule has 0 fully saturated rings. The molecular weight excluding hydrogens is 397 g/mol. The molecule has 0 aliphatic heterocycles. The topological polar surface area (TPSA) is 56.5 Å². The second-order valence-electron chi connectivity index (χ2n) is 7.21. The van der Waals surface area contributed by atoms with Crippen LogP contribution in [0.25, 0.3) is 11.3 Å². The summed E-state index contributed by atoms with van der Waals surface area (Å²) in [5.41, 5.74) is -2.45. The second-order valence-corrected chi connectivity index (χ2v) is 7.21. The molecule has 3 rings (SSSR count). The lowest BCUT2D eigenvalue weighted by atomic mass is 9.69. The molecule has 0 saturated carbocycles. The van der Waals surface area contributed by atoms with E-state index >= 15 is 0 Å². The number of fused-ring (bicyclic) bond motifs is 1. The number of hydrogen-bond donors (Lipinski definition) is 0. The molecule has 0 spiro atoms. The van der Waals surface area contributed by atoms with Gasteiger partial charge < -0.3 is 9.15 Å². The van der Waals surface area contributed by atoms with E-state index in [2.05, 4.69) is 0 Å². The summed E-state index contributed by atoms with van der Waals surface area (Å²) in [5, 5.41) is 0. The highest BCUT2D eigenvalue weighted by atomic mass is 19.4. The van der Waals surface area contributed by atoms with E-state index in [-0.39, 0.29) is 22.6 Å². The molecule has 0 atom stereocenters. The average molecular weight is 420 g/mol. The number of Topliss-reactive ketones (excluding diaryl/α,β-unsaturated/α-hetero) is 1. The van der Waals surface area contributed by atoms with Crippen LogP contribution < -0.4 is 5.43 Å². The van der Waals surface area contributed by atoms with Crippen molar-refractivity contribution in [3.05, 3.63) is 68.8 Å². The molecule has 0 bridgehead atoms. The van der Waals surface area contributed by atoms with Gasteiger partial charge in [-0.2, -0.15) is 13.2 Å². The molecule has 4 nitrogen and oxygen atoms in total. The fourth-order valence-electron chi connectivity index (χ4n) is 4.30. The number of rotatable bonds is 5. The zero-order chi connectivity index (χ0) is 22.3. The van der Waals surface area contributed by atoms with Crippen LogP contribution in [0, 0.1) is 0 Å². The smallest absolute Gasteiger partial charge is 0.417 e. The van der Waals surface area contributed by atoms with Crippen LogP contribution in [0.5, 0.6) is 0 Å². The number of benzene rings is 1. The maximum atomic E-state index is 13.5. The summed E-state index contributed by atoms with van der Waals surface area (Å²) in [6.45, 7) is 5.53. The standard InChI is InChI=1S/C23H23F3O4/c1-5-13-19(28)18-16(27)12-17(14-10-8-9-11-15(14)23(24,25)26)30-21(18)22(6-2,7-3)20(13)29-4/h8-12H,5-7H2,1-4H3. The first-order valence-corrected chi connectivity index (χ1v) is 9.83. The van der Waals surface area contributed by atoms with Gasteiger partial charge in [-0.15, -0.1) is 0 Å². The van der Waals surface area contributed by atoms with E-state index in [1.807, 2.05) is 13.8 Å². The van der Waals surface area contributed by atoms with Crippen LogP contribution in [0.2, 0.25) is 0 Å². The fraction of sp³-hybridized carbons (Fsp3) is 0.391. The minimum Gasteiger partial charge on any atom is -0.500 e. The highest BCUT2D eigenvalue weighted by Gasteiger charge is 2.48. The minimum absolute atomic E-state index is 0.0750. The van der Waals surface area contributed by atoms with E-state index < -0.39 is 28.4 Å². The molecule has 2 aromatic rings. The van der Waals surface area contributed by atoms with E-state index in [4.69, 9.17) is 9.15 Å². The predicted octanol–water partition coefficient (Wildman–Crippen LogP) is 5.89. The molecule has 30 heavy (non-hydrogen) atoms. The second kappa shape index (κ2) is 7.78. The quantitative estimate of drug-likeness (QED) is 0.605. The Balaban J connectivity index is 2.40. The van der Waals surface area contributed by atoms with Crippen molar-refractivity contribution in [2.24, 2.45) is 0 Å². The van der Waals surface area contributed by atoms with Crippen molar-refractivity contribution < 1.29 is 27.1 Å². The van der Waals surface area contributed by atoms with E-state index in [1.54, 1.807) is 6.92 Å². The third-order valence-electron chi connectivity index (χ3n) is 5.85. The molecule has 160 valence electrons. The Bertz CT molecular complexity index is 1070. The first kappa shape index (κ1) is 21.9. The van der Waals surface area contributed by atoms with Crippen LogP contribution >= 0.6 is 0 Å². The van der Waals surface area contributed by atoms with Crippen LogP contribution in [0.15, 0.2) is 50.9 Å². The molecule has 7 heteroatoms. The first-order valence-electron chi connectivity index (χ1n) is 9.83. The summed E-state index contributed by atoms with van der Waals surface area (Å²) in [5.74, 6) is -0.227. The zero-order valence-electron chi connectivity index (χ0n) is 17.3. The fourth-order valence-corrected chi connectivity index (χ4v) is 4.30. The Morgan fingerprint density at radius 3 is 2.23 bits per heavy atom. The molecule has 0 amide bonds. The zero-order valence-corrected chi connectivity index (χ0v) is 17.3. The maximum absolute atomic E-state index is 13.5. The summed E-state index contributed by atoms with van der Waals surface area (Å²) in [4.78, 5) is 26.0. The summed E-state index contributed by atoms with van der Waals surface area (Å²) in [7, 11) is 1.45. The van der Waals surface area contributed by atoms with Gasteiger partial charge in [0.15, 0.2) is 11.2 Å². The Morgan fingerprint density at radius 1 is 1.07 bits per heavy atom. The molecule has 0 saturated heterocycles. The molecule has 1 aromatic carbocycles. The van der Waals surface area contributed by atoms with Crippen molar-refractivity contribution in [2.75, 3.05) is 7.11 Å². The van der Waals surface area contributed by atoms with Gasteiger partial charge in [0, 0.05) is 17.2 Å². The number of ether oxygens (including phenoxy) is 1. The summed E-state index contributed by atoms with van der Waals surface area (Å²) in [6, 6.07) is 5.87. The lowest BCUT2D eigenvalue weighted by Crippen LogP contribution is -2.39. The third kappa shape index (κ3) is 3.16. The van der Waals surface area contributed by atoms with Crippen molar-refractivity contribution in [1.29, 1.82) is 0 Å². The van der Waals surface area contributed by atoms with Gasteiger partial charge in [0.25, 0.3) is 0 Å². The number of halogens is 3. The minimum atomic E-state index is -4.62. The highest BCUT2D eigenvalue weighted by Crippen LogP contribution is 2.47. The van der Waals surface area contributed by atoms with E-state index in [0.29, 0.717) is 30.6 Å². The van der Waals surface area contributed by atoms with E-state index in [9.17, 15) is 22.8 Å². The molecule has 0 radical (unpaired) electrons. The van der Waals surface area contributed by atoms with Crippen molar-refractivity contribution in [1.82, 2.24) is 0 Å². The Hall–Kier alpha value is -2.83. The molecular formula is C23H23F3O4. The average Bonchev–Trinajstić information content (AvgIpc) is 2.72. The predicted molar refractivity (Wildman–Crippen MR) is 106 cm³/mol. The van der Waals surface area contributed by atoms with Gasteiger partial charge in [-0.05, 0) is 25.3 Å². The summed E-state index contributed by atoms with van der Waals surface area (Å²) in [6.07, 6.45) is -3.37. The molecule has 1 aromatic heterocycles. The number of allylic oxidation sites excluding steroid dienone is 2. The van der Waals surface area contributed by atoms with E-state index in [1.165, 1.54) is 25.3 Å². The Labute approximate surface area is 172 Å². The molecule has 0 N–H and O–H groups in total. The Kier molecular flexibility index (Phi) is 5.67. The van der Waals surface area contributed by atoms with Gasteiger partial charge >= 0.3 is 6.18 Å².